The zero-order valence-electron chi connectivity index (χ0n) is 43.2. The SMILES string of the molecule is CC/C=C\C/C=C\C/C=C\C/C=C\C/C=C\CCCCCC(=O)OC[C@H](COC(=O)CCCCCCCCCCCCCC)OC(=O)CCCCCCCCC/C=C\C/C=C\CCCCC. The van der Waals surface area contributed by atoms with Gasteiger partial charge < -0.3 is 14.2 Å². The van der Waals surface area contributed by atoms with Crippen LogP contribution in [0.15, 0.2) is 85.1 Å². The van der Waals surface area contributed by atoms with Crippen molar-refractivity contribution in [1.29, 1.82) is 0 Å². The summed E-state index contributed by atoms with van der Waals surface area (Å²) in [5, 5.41) is 0. The van der Waals surface area contributed by atoms with E-state index in [-0.39, 0.29) is 31.1 Å². The average molecular weight is 919 g/mol. The summed E-state index contributed by atoms with van der Waals surface area (Å²) in [7, 11) is 0. The molecule has 0 rings (SSSR count). The fourth-order valence-corrected chi connectivity index (χ4v) is 7.50. The Morgan fingerprint density at radius 1 is 0.318 bits per heavy atom. The largest absolute Gasteiger partial charge is 0.462 e. The molecule has 378 valence electrons. The van der Waals surface area contributed by atoms with E-state index in [2.05, 4.69) is 106 Å². The van der Waals surface area contributed by atoms with Gasteiger partial charge in [-0.05, 0) is 96.3 Å². The first-order valence-corrected chi connectivity index (χ1v) is 27.6. The second-order valence-corrected chi connectivity index (χ2v) is 18.1. The molecule has 0 unspecified atom stereocenters. The van der Waals surface area contributed by atoms with Crippen LogP contribution in [-0.4, -0.2) is 37.2 Å². The van der Waals surface area contributed by atoms with Gasteiger partial charge in [0.2, 0.25) is 0 Å². The van der Waals surface area contributed by atoms with Crippen LogP contribution in [0.4, 0.5) is 0 Å². The third-order valence-electron chi connectivity index (χ3n) is 11.6. The molecule has 6 heteroatoms. The van der Waals surface area contributed by atoms with Gasteiger partial charge in [0.25, 0.3) is 0 Å². The predicted molar refractivity (Wildman–Crippen MR) is 284 cm³/mol. The predicted octanol–water partition coefficient (Wildman–Crippen LogP) is 18.4. The van der Waals surface area contributed by atoms with Crippen LogP contribution in [0.2, 0.25) is 0 Å². The summed E-state index contributed by atoms with van der Waals surface area (Å²) >= 11 is 0. The molecule has 0 aromatic heterocycles. The molecule has 0 aliphatic carbocycles. The van der Waals surface area contributed by atoms with Gasteiger partial charge in [0, 0.05) is 19.3 Å². The summed E-state index contributed by atoms with van der Waals surface area (Å²) in [6, 6.07) is 0. The van der Waals surface area contributed by atoms with Crippen molar-refractivity contribution >= 4 is 17.9 Å². The summed E-state index contributed by atoms with van der Waals surface area (Å²) < 4.78 is 16.8. The minimum absolute atomic E-state index is 0.0890. The fourth-order valence-electron chi connectivity index (χ4n) is 7.50. The summed E-state index contributed by atoms with van der Waals surface area (Å²) in [6.45, 7) is 6.47. The van der Waals surface area contributed by atoms with Crippen molar-refractivity contribution < 1.29 is 28.6 Å². The lowest BCUT2D eigenvalue weighted by Crippen LogP contribution is -2.30. The second kappa shape index (κ2) is 54.2. The highest BCUT2D eigenvalue weighted by atomic mass is 16.6. The molecule has 0 fully saturated rings. The Bertz CT molecular complexity index is 1290. The standard InChI is InChI=1S/C60H102O6/c1-4-7-10-13-16-19-22-25-27-29-30-32-33-35-38-41-44-47-50-53-59(62)65-56-57(55-64-58(61)52-49-46-43-40-37-24-21-18-15-12-9-6-3)66-60(63)54-51-48-45-42-39-36-34-31-28-26-23-20-17-14-11-8-5-2/h7,10,16-17,19-20,25-28,30,32,35,38,57H,4-6,8-9,11-15,18,21-24,29,31,33-34,36-37,39-56H2,1-3H3/b10-7-,19-16-,20-17-,27-25-,28-26-,32-30-,38-35-/t57-/m0/s1. The first-order valence-electron chi connectivity index (χ1n) is 27.6. The highest BCUT2D eigenvalue weighted by molar-refractivity contribution is 5.71. The van der Waals surface area contributed by atoms with E-state index < -0.39 is 6.10 Å². The molecule has 0 heterocycles. The first-order chi connectivity index (χ1) is 32.5. The Morgan fingerprint density at radius 3 is 0.970 bits per heavy atom. The number of esters is 3. The topological polar surface area (TPSA) is 78.9 Å². The van der Waals surface area contributed by atoms with E-state index in [0.29, 0.717) is 19.3 Å². The van der Waals surface area contributed by atoms with Gasteiger partial charge in [0.15, 0.2) is 6.10 Å². The third kappa shape index (κ3) is 51.6. The van der Waals surface area contributed by atoms with Crippen molar-refractivity contribution in [3.8, 4) is 0 Å². The Kier molecular flexibility index (Phi) is 51.4. The lowest BCUT2D eigenvalue weighted by atomic mass is 10.0. The Balaban J connectivity index is 4.44. The molecule has 0 amide bonds. The van der Waals surface area contributed by atoms with Crippen LogP contribution < -0.4 is 0 Å². The molecule has 0 saturated heterocycles. The molecule has 6 nitrogen and oxygen atoms in total. The van der Waals surface area contributed by atoms with Crippen molar-refractivity contribution in [2.75, 3.05) is 13.2 Å². The second-order valence-electron chi connectivity index (χ2n) is 18.1. The maximum atomic E-state index is 12.8. The van der Waals surface area contributed by atoms with Gasteiger partial charge in [-0.2, -0.15) is 0 Å². The maximum absolute atomic E-state index is 12.8. The van der Waals surface area contributed by atoms with Crippen LogP contribution in [0.5, 0.6) is 0 Å². The van der Waals surface area contributed by atoms with E-state index >= 15 is 0 Å². The maximum Gasteiger partial charge on any atom is 0.306 e. The highest BCUT2D eigenvalue weighted by Crippen LogP contribution is 2.15. The molecule has 1 atom stereocenters. The summed E-state index contributed by atoms with van der Waals surface area (Å²) in [4.78, 5) is 38.1. The normalized spacial score (nSPS) is 12.7. The van der Waals surface area contributed by atoms with Gasteiger partial charge in [-0.3, -0.25) is 14.4 Å². The molecule has 0 bridgehead atoms. The smallest absolute Gasteiger partial charge is 0.306 e. The Morgan fingerprint density at radius 2 is 0.591 bits per heavy atom. The molecule has 66 heavy (non-hydrogen) atoms. The first kappa shape index (κ1) is 62.6. The molecule has 0 saturated carbocycles. The van der Waals surface area contributed by atoms with Crippen LogP contribution in [0.3, 0.4) is 0 Å². The van der Waals surface area contributed by atoms with Gasteiger partial charge in [0.1, 0.15) is 13.2 Å². The lowest BCUT2D eigenvalue weighted by Gasteiger charge is -2.18. The quantitative estimate of drug-likeness (QED) is 0.0262. The van der Waals surface area contributed by atoms with Gasteiger partial charge in [-0.25, -0.2) is 0 Å². The van der Waals surface area contributed by atoms with Crippen molar-refractivity contribution in [2.24, 2.45) is 0 Å². The van der Waals surface area contributed by atoms with Gasteiger partial charge in [-0.15, -0.1) is 0 Å². The number of hydrogen-bond donors (Lipinski definition) is 0. The van der Waals surface area contributed by atoms with Gasteiger partial charge >= 0.3 is 17.9 Å². The van der Waals surface area contributed by atoms with E-state index in [1.54, 1.807) is 0 Å². The number of hydrogen-bond acceptors (Lipinski definition) is 6. The highest BCUT2D eigenvalue weighted by Gasteiger charge is 2.19. The number of carbonyl (C=O) groups excluding carboxylic acids is 3. The van der Waals surface area contributed by atoms with Crippen LogP contribution in [0, 0.1) is 0 Å². The van der Waals surface area contributed by atoms with E-state index in [1.807, 2.05) is 0 Å². The van der Waals surface area contributed by atoms with E-state index in [9.17, 15) is 14.4 Å². The Labute approximate surface area is 407 Å². The van der Waals surface area contributed by atoms with Gasteiger partial charge in [-0.1, -0.05) is 228 Å². The molecular weight excluding hydrogens is 817 g/mol. The van der Waals surface area contributed by atoms with E-state index in [4.69, 9.17) is 14.2 Å². The van der Waals surface area contributed by atoms with Crippen molar-refractivity contribution in [1.82, 2.24) is 0 Å². The lowest BCUT2D eigenvalue weighted by molar-refractivity contribution is -0.167. The molecule has 0 radical (unpaired) electrons. The van der Waals surface area contributed by atoms with E-state index in [0.717, 1.165) is 109 Å². The van der Waals surface area contributed by atoms with Crippen LogP contribution in [-0.2, 0) is 28.6 Å². The van der Waals surface area contributed by atoms with E-state index in [1.165, 1.54) is 109 Å². The molecule has 0 aromatic carbocycles. The number of rotatable bonds is 49. The molecule has 0 spiro atoms. The molecule has 0 aliphatic heterocycles. The number of carbonyl (C=O) groups is 3. The summed E-state index contributed by atoms with van der Waals surface area (Å²) in [6.07, 6.45) is 69.9. The Hall–Kier alpha value is -3.41. The minimum atomic E-state index is -0.793. The fraction of sp³-hybridized carbons (Fsp3) is 0.717. The van der Waals surface area contributed by atoms with Crippen LogP contribution in [0.1, 0.15) is 258 Å². The van der Waals surface area contributed by atoms with Crippen molar-refractivity contribution in [2.45, 2.75) is 264 Å². The van der Waals surface area contributed by atoms with Crippen LogP contribution in [0.25, 0.3) is 0 Å². The van der Waals surface area contributed by atoms with Crippen molar-refractivity contribution in [3.63, 3.8) is 0 Å². The van der Waals surface area contributed by atoms with Crippen LogP contribution >= 0.6 is 0 Å². The molecule has 0 aliphatic rings. The molecule has 0 N–H and O–H groups in total. The number of unbranched alkanes of at least 4 members (excludes halogenated alkanes) is 24. The molecular formula is C60H102O6. The number of allylic oxidation sites excluding steroid dienone is 14. The minimum Gasteiger partial charge on any atom is -0.462 e. The third-order valence-corrected chi connectivity index (χ3v) is 11.6. The monoisotopic (exact) mass is 919 g/mol. The summed E-state index contributed by atoms with van der Waals surface area (Å²) in [5.41, 5.74) is 0. The zero-order valence-corrected chi connectivity index (χ0v) is 43.2. The van der Waals surface area contributed by atoms with Gasteiger partial charge in [0.05, 0.1) is 0 Å². The average Bonchev–Trinajstić information content (AvgIpc) is 3.31. The summed E-state index contributed by atoms with van der Waals surface area (Å²) in [5.74, 6) is -0.927. The molecule has 0 aromatic rings. The zero-order chi connectivity index (χ0) is 47.9. The van der Waals surface area contributed by atoms with Crippen molar-refractivity contribution in [3.05, 3.63) is 85.1 Å². The number of ether oxygens (including phenoxy) is 3.